The van der Waals surface area contributed by atoms with E-state index in [1.165, 1.54) is 0 Å². The molecule has 1 atom stereocenters. The predicted octanol–water partition coefficient (Wildman–Crippen LogP) is 4.47. The van der Waals surface area contributed by atoms with Gasteiger partial charge in [-0.25, -0.2) is 14.8 Å². The van der Waals surface area contributed by atoms with Crippen molar-refractivity contribution in [2.45, 2.75) is 32.4 Å². The Hall–Kier alpha value is -2.47. The van der Waals surface area contributed by atoms with Crippen LogP contribution in [-0.2, 0) is 11.3 Å². The fraction of sp³-hybridized carbons (Fsp3) is 0.316. The number of rotatable bonds is 3. The molecule has 4 rings (SSSR count). The highest BCUT2D eigenvalue weighted by Crippen LogP contribution is 2.36. The molecular formula is C19H19N3O2S. The summed E-state index contributed by atoms with van der Waals surface area (Å²) < 4.78 is 6.57. The molecule has 0 radical (unpaired) electrons. The Balaban J connectivity index is 1.50. The average Bonchev–Trinajstić information content (AvgIpc) is 3.26. The van der Waals surface area contributed by atoms with Crippen LogP contribution >= 0.6 is 11.3 Å². The van der Waals surface area contributed by atoms with E-state index in [9.17, 15) is 4.79 Å². The number of likely N-dealkylation sites (tertiary alicyclic amines) is 1. The number of thiazole rings is 1. The number of carbonyl (C=O) groups excluding carboxylic acids is 1. The minimum atomic E-state index is -0.269. The smallest absolute Gasteiger partial charge is 0.410 e. The summed E-state index contributed by atoms with van der Waals surface area (Å²) in [6, 6.07) is 11.8. The first-order valence-corrected chi connectivity index (χ1v) is 9.23. The van der Waals surface area contributed by atoms with Gasteiger partial charge >= 0.3 is 6.09 Å². The Labute approximate surface area is 150 Å². The summed E-state index contributed by atoms with van der Waals surface area (Å²) in [5.41, 5.74) is 2.87. The standard InChI is InChI=1S/C19H19N3O2S/c1-13-10-16-17(20-11-13)21-18(25-16)15-8-5-9-22(15)19(23)24-12-14-6-3-2-4-7-14/h2-4,6-7,10-11,15H,5,8-9,12H2,1H3/t15-/m1/s1. The Kier molecular flexibility index (Phi) is 4.36. The zero-order chi connectivity index (χ0) is 17.2. The number of hydrogen-bond acceptors (Lipinski definition) is 5. The number of amides is 1. The lowest BCUT2D eigenvalue weighted by Gasteiger charge is -2.22. The van der Waals surface area contributed by atoms with Crippen molar-refractivity contribution in [3.05, 3.63) is 58.7 Å². The Bertz CT molecular complexity index is 894. The summed E-state index contributed by atoms with van der Waals surface area (Å²) in [6.07, 6.45) is 3.44. The molecule has 1 amide bonds. The largest absolute Gasteiger partial charge is 0.445 e. The van der Waals surface area contributed by atoms with Crippen molar-refractivity contribution < 1.29 is 9.53 Å². The maximum atomic E-state index is 12.5. The van der Waals surface area contributed by atoms with Crippen molar-refractivity contribution >= 4 is 27.8 Å². The molecule has 3 aromatic rings. The predicted molar refractivity (Wildman–Crippen MR) is 97.5 cm³/mol. The lowest BCUT2D eigenvalue weighted by molar-refractivity contribution is 0.0920. The maximum Gasteiger partial charge on any atom is 0.410 e. The number of benzene rings is 1. The van der Waals surface area contributed by atoms with E-state index in [-0.39, 0.29) is 12.1 Å². The molecule has 0 aliphatic carbocycles. The lowest BCUT2D eigenvalue weighted by Crippen LogP contribution is -2.31. The molecule has 128 valence electrons. The molecule has 0 saturated carbocycles. The minimum absolute atomic E-state index is 0.0113. The topological polar surface area (TPSA) is 55.3 Å². The number of carbonyl (C=O) groups is 1. The normalized spacial score (nSPS) is 17.2. The highest BCUT2D eigenvalue weighted by atomic mass is 32.1. The molecule has 0 unspecified atom stereocenters. The van der Waals surface area contributed by atoms with E-state index >= 15 is 0 Å². The minimum Gasteiger partial charge on any atom is -0.445 e. The zero-order valence-corrected chi connectivity index (χ0v) is 14.8. The number of ether oxygens (including phenoxy) is 1. The maximum absolute atomic E-state index is 12.5. The molecule has 1 aliphatic rings. The monoisotopic (exact) mass is 353 g/mol. The van der Waals surface area contributed by atoms with Crippen LogP contribution in [0.1, 0.15) is 35.0 Å². The van der Waals surface area contributed by atoms with Crippen LogP contribution in [0.4, 0.5) is 4.79 Å². The second-order valence-electron chi connectivity index (χ2n) is 6.28. The van der Waals surface area contributed by atoms with Crippen molar-refractivity contribution in [1.29, 1.82) is 0 Å². The number of aromatic nitrogens is 2. The summed E-state index contributed by atoms with van der Waals surface area (Å²) >= 11 is 1.62. The quantitative estimate of drug-likeness (QED) is 0.697. The van der Waals surface area contributed by atoms with Crippen LogP contribution in [0.3, 0.4) is 0 Å². The van der Waals surface area contributed by atoms with E-state index in [0.717, 1.165) is 39.3 Å². The molecule has 6 heteroatoms. The summed E-state index contributed by atoms with van der Waals surface area (Å²) in [5, 5.41) is 0.947. The Morgan fingerprint density at radius 1 is 1.36 bits per heavy atom. The fourth-order valence-electron chi connectivity index (χ4n) is 3.12. The molecule has 1 aromatic carbocycles. The third kappa shape index (κ3) is 3.35. The van der Waals surface area contributed by atoms with Gasteiger partial charge in [0.1, 0.15) is 11.6 Å². The van der Waals surface area contributed by atoms with Crippen LogP contribution in [0, 0.1) is 6.92 Å². The molecule has 1 saturated heterocycles. The Morgan fingerprint density at radius 3 is 3.04 bits per heavy atom. The summed E-state index contributed by atoms with van der Waals surface area (Å²) in [5.74, 6) is 0. The molecule has 0 bridgehead atoms. The van der Waals surface area contributed by atoms with Gasteiger partial charge in [0.15, 0.2) is 5.65 Å². The van der Waals surface area contributed by atoms with Gasteiger partial charge in [0.25, 0.3) is 0 Å². The third-order valence-electron chi connectivity index (χ3n) is 4.38. The molecular weight excluding hydrogens is 334 g/mol. The van der Waals surface area contributed by atoms with Gasteiger partial charge in [-0.05, 0) is 37.0 Å². The van der Waals surface area contributed by atoms with Crippen molar-refractivity contribution in [2.75, 3.05) is 6.54 Å². The van der Waals surface area contributed by atoms with Gasteiger partial charge in [0, 0.05) is 12.7 Å². The second kappa shape index (κ2) is 6.80. The van der Waals surface area contributed by atoms with E-state index in [2.05, 4.69) is 16.0 Å². The summed E-state index contributed by atoms with van der Waals surface area (Å²) in [6.45, 7) is 3.03. The van der Waals surface area contributed by atoms with Crippen molar-refractivity contribution in [2.24, 2.45) is 0 Å². The number of pyridine rings is 1. The van der Waals surface area contributed by atoms with E-state index in [4.69, 9.17) is 4.74 Å². The van der Waals surface area contributed by atoms with Crippen molar-refractivity contribution in [3.63, 3.8) is 0 Å². The molecule has 25 heavy (non-hydrogen) atoms. The van der Waals surface area contributed by atoms with Gasteiger partial charge in [-0.1, -0.05) is 30.3 Å². The van der Waals surface area contributed by atoms with Crippen molar-refractivity contribution in [1.82, 2.24) is 14.9 Å². The molecule has 5 nitrogen and oxygen atoms in total. The number of fused-ring (bicyclic) bond motifs is 1. The first-order valence-electron chi connectivity index (χ1n) is 8.41. The molecule has 3 heterocycles. The van der Waals surface area contributed by atoms with Crippen LogP contribution in [0.15, 0.2) is 42.6 Å². The molecule has 0 spiro atoms. The first-order chi connectivity index (χ1) is 12.2. The summed E-state index contributed by atoms with van der Waals surface area (Å²) in [4.78, 5) is 23.4. The van der Waals surface area contributed by atoms with Gasteiger partial charge in [-0.15, -0.1) is 11.3 Å². The van der Waals surface area contributed by atoms with Gasteiger partial charge in [0.05, 0.1) is 10.7 Å². The molecule has 1 aliphatic heterocycles. The molecule has 1 fully saturated rings. The van der Waals surface area contributed by atoms with Crippen molar-refractivity contribution in [3.8, 4) is 0 Å². The van der Waals surface area contributed by atoms with Crippen LogP contribution in [0.25, 0.3) is 10.3 Å². The average molecular weight is 353 g/mol. The summed E-state index contributed by atoms with van der Waals surface area (Å²) in [7, 11) is 0. The van der Waals surface area contributed by atoms with E-state index in [1.54, 1.807) is 16.2 Å². The number of aryl methyl sites for hydroxylation is 1. The third-order valence-corrected chi connectivity index (χ3v) is 5.47. The van der Waals surface area contributed by atoms with Gasteiger partial charge in [-0.3, -0.25) is 4.90 Å². The number of nitrogens with zero attached hydrogens (tertiary/aromatic N) is 3. The highest BCUT2D eigenvalue weighted by molar-refractivity contribution is 7.18. The van der Waals surface area contributed by atoms with E-state index in [1.807, 2.05) is 43.5 Å². The van der Waals surface area contributed by atoms with E-state index in [0.29, 0.717) is 13.2 Å². The SMILES string of the molecule is Cc1cnc2nc([C@H]3CCCN3C(=O)OCc3ccccc3)sc2c1. The lowest BCUT2D eigenvalue weighted by atomic mass is 10.2. The van der Waals surface area contributed by atoms with Crippen LogP contribution in [0.2, 0.25) is 0 Å². The Morgan fingerprint density at radius 2 is 2.20 bits per heavy atom. The first kappa shape index (κ1) is 16.0. The van der Waals surface area contributed by atoms with E-state index < -0.39 is 0 Å². The van der Waals surface area contributed by atoms with Gasteiger partial charge in [0.2, 0.25) is 0 Å². The van der Waals surface area contributed by atoms with Gasteiger partial charge < -0.3 is 4.74 Å². The fourth-order valence-corrected chi connectivity index (χ4v) is 4.29. The van der Waals surface area contributed by atoms with Crippen LogP contribution < -0.4 is 0 Å². The van der Waals surface area contributed by atoms with Crippen LogP contribution in [-0.4, -0.2) is 27.5 Å². The van der Waals surface area contributed by atoms with Crippen LogP contribution in [0.5, 0.6) is 0 Å². The highest BCUT2D eigenvalue weighted by Gasteiger charge is 2.33. The van der Waals surface area contributed by atoms with Gasteiger partial charge in [-0.2, -0.15) is 0 Å². The second-order valence-corrected chi connectivity index (χ2v) is 7.34. The number of hydrogen-bond donors (Lipinski definition) is 0. The zero-order valence-electron chi connectivity index (χ0n) is 14.0. The molecule has 0 N–H and O–H groups in total. The molecule has 2 aromatic heterocycles.